The lowest BCUT2D eigenvalue weighted by Gasteiger charge is -2.29. The van der Waals surface area contributed by atoms with Crippen LogP contribution in [0.25, 0.3) is 0 Å². The van der Waals surface area contributed by atoms with Gasteiger partial charge in [-0.05, 0) is 55.2 Å². The van der Waals surface area contributed by atoms with E-state index in [1.165, 1.54) is 16.7 Å². The second-order valence-corrected chi connectivity index (χ2v) is 9.88. The molecule has 5 heteroatoms. The first-order valence-electron chi connectivity index (χ1n) is 10.1. The van der Waals surface area contributed by atoms with Crippen molar-refractivity contribution in [1.29, 1.82) is 0 Å². The molecule has 0 amide bonds. The molecule has 0 atom stereocenters. The molecule has 1 N–H and O–H groups in total. The van der Waals surface area contributed by atoms with Gasteiger partial charge in [0.1, 0.15) is 0 Å². The molecule has 4 nitrogen and oxygen atoms in total. The summed E-state index contributed by atoms with van der Waals surface area (Å²) in [4.78, 5) is 0. The van der Waals surface area contributed by atoms with Crippen molar-refractivity contribution in [2.75, 3.05) is 32.9 Å². The predicted molar refractivity (Wildman–Crippen MR) is 116 cm³/mol. The first-order chi connectivity index (χ1) is 13.2. The van der Waals surface area contributed by atoms with E-state index in [1.807, 2.05) is 6.07 Å². The number of unbranched alkanes of at least 4 members (excludes halogenated alkanes) is 2. The minimum absolute atomic E-state index is 0.132. The Kier molecular flexibility index (Phi) is 8.67. The molecule has 2 aromatic rings. The van der Waals surface area contributed by atoms with Crippen molar-refractivity contribution >= 4 is 10.1 Å². The molecule has 0 aliphatic rings. The Labute approximate surface area is 170 Å². The van der Waals surface area contributed by atoms with E-state index in [0.29, 0.717) is 6.42 Å². The highest BCUT2D eigenvalue weighted by atomic mass is 32.2. The van der Waals surface area contributed by atoms with Gasteiger partial charge >= 0.3 is 0 Å². The Hall–Kier alpha value is -1.69. The highest BCUT2D eigenvalue weighted by Crippen LogP contribution is 2.13. The average Bonchev–Trinajstić information content (AvgIpc) is 2.64. The van der Waals surface area contributed by atoms with Crippen molar-refractivity contribution in [3.8, 4) is 0 Å². The molecule has 0 bridgehead atoms. The van der Waals surface area contributed by atoms with Crippen LogP contribution in [0.15, 0.2) is 54.6 Å². The van der Waals surface area contributed by atoms with E-state index < -0.39 is 10.1 Å². The molecule has 154 valence electrons. The number of hydrogen-bond donors (Lipinski definition) is 1. The molecular weight excluding hydrogens is 370 g/mol. The molecule has 28 heavy (non-hydrogen) atoms. The summed E-state index contributed by atoms with van der Waals surface area (Å²) in [6.07, 6.45) is 5.71. The lowest BCUT2D eigenvalue weighted by molar-refractivity contribution is -0.890. The standard InChI is InChI=1S/C23H33NO3S/c1-24(2,18-8-9-19-28(25,26)27)17-7-6-10-21-13-15-23(16-14-21)20-22-11-4-3-5-12-22/h3-5,11-16H,6-10,17-20H2,1-2H3/p+1. The van der Waals surface area contributed by atoms with Crippen LogP contribution in [-0.2, 0) is 23.0 Å². The van der Waals surface area contributed by atoms with Crippen LogP contribution in [0.1, 0.15) is 42.4 Å². The maximum absolute atomic E-state index is 10.8. The summed E-state index contributed by atoms with van der Waals surface area (Å²) in [6.45, 7) is 2.02. The normalized spacial score (nSPS) is 12.2. The van der Waals surface area contributed by atoms with Gasteiger partial charge < -0.3 is 4.48 Å². The van der Waals surface area contributed by atoms with E-state index in [-0.39, 0.29) is 5.75 Å². The van der Waals surface area contributed by atoms with Crippen LogP contribution in [0.4, 0.5) is 0 Å². The van der Waals surface area contributed by atoms with E-state index >= 15 is 0 Å². The van der Waals surface area contributed by atoms with Gasteiger partial charge in [-0.25, -0.2) is 0 Å². The summed E-state index contributed by atoms with van der Waals surface area (Å²) in [6, 6.07) is 19.5. The number of rotatable bonds is 12. The zero-order valence-corrected chi connectivity index (χ0v) is 18.0. The third-order valence-electron chi connectivity index (χ3n) is 5.17. The molecular formula is C23H34NO3S+. The van der Waals surface area contributed by atoms with Crippen LogP contribution in [0.3, 0.4) is 0 Å². The zero-order chi connectivity index (χ0) is 20.5. The van der Waals surface area contributed by atoms with E-state index in [9.17, 15) is 8.42 Å². The average molecular weight is 405 g/mol. The molecule has 0 unspecified atom stereocenters. The number of benzene rings is 2. The molecule has 0 saturated carbocycles. The zero-order valence-electron chi connectivity index (χ0n) is 17.2. The van der Waals surface area contributed by atoms with E-state index in [1.54, 1.807) is 0 Å². The number of aryl methyl sites for hydroxylation is 1. The van der Waals surface area contributed by atoms with Crippen LogP contribution < -0.4 is 0 Å². The molecule has 0 saturated heterocycles. The second-order valence-electron chi connectivity index (χ2n) is 8.31. The minimum atomic E-state index is -3.82. The molecule has 0 heterocycles. The third kappa shape index (κ3) is 9.49. The third-order valence-corrected chi connectivity index (χ3v) is 5.97. The first kappa shape index (κ1) is 22.6. The van der Waals surface area contributed by atoms with Crippen LogP contribution in [0.2, 0.25) is 0 Å². The van der Waals surface area contributed by atoms with Crippen molar-refractivity contribution in [2.45, 2.75) is 38.5 Å². The summed E-state index contributed by atoms with van der Waals surface area (Å²) in [5.41, 5.74) is 4.07. The summed E-state index contributed by atoms with van der Waals surface area (Å²) < 4.78 is 31.2. The Morgan fingerprint density at radius 1 is 0.750 bits per heavy atom. The molecule has 2 aromatic carbocycles. The van der Waals surface area contributed by atoms with Crippen molar-refractivity contribution in [3.05, 3.63) is 71.3 Å². The molecule has 0 aliphatic heterocycles. The van der Waals surface area contributed by atoms with Crippen LogP contribution in [-0.4, -0.2) is 50.4 Å². The van der Waals surface area contributed by atoms with Crippen molar-refractivity contribution in [1.82, 2.24) is 0 Å². The largest absolute Gasteiger partial charge is 0.328 e. The summed E-state index contributed by atoms with van der Waals surface area (Å²) >= 11 is 0. The quantitative estimate of drug-likeness (QED) is 0.325. The molecule has 0 fully saturated rings. The van der Waals surface area contributed by atoms with E-state index in [2.05, 4.69) is 62.6 Å². The van der Waals surface area contributed by atoms with Gasteiger partial charge in [0, 0.05) is 0 Å². The summed E-state index contributed by atoms with van der Waals surface area (Å²) in [5.74, 6) is -0.132. The van der Waals surface area contributed by atoms with Gasteiger partial charge in [0.05, 0.1) is 32.9 Å². The van der Waals surface area contributed by atoms with Gasteiger partial charge in [-0.3, -0.25) is 4.55 Å². The van der Waals surface area contributed by atoms with Crippen molar-refractivity contribution in [2.24, 2.45) is 0 Å². The molecule has 0 aromatic heterocycles. The fraction of sp³-hybridized carbons (Fsp3) is 0.478. The first-order valence-corrected chi connectivity index (χ1v) is 11.7. The minimum Gasteiger partial charge on any atom is -0.328 e. The van der Waals surface area contributed by atoms with Gasteiger partial charge in [0.2, 0.25) is 0 Å². The predicted octanol–water partition coefficient (Wildman–Crippen LogP) is 4.34. The lowest BCUT2D eigenvalue weighted by atomic mass is 10.0. The molecule has 0 radical (unpaired) electrons. The van der Waals surface area contributed by atoms with Crippen molar-refractivity contribution in [3.63, 3.8) is 0 Å². The Balaban J connectivity index is 1.65. The molecule has 0 aliphatic carbocycles. The Morgan fingerprint density at radius 3 is 1.89 bits per heavy atom. The topological polar surface area (TPSA) is 54.4 Å². The second kappa shape index (κ2) is 10.7. The van der Waals surface area contributed by atoms with Crippen LogP contribution in [0.5, 0.6) is 0 Å². The highest BCUT2D eigenvalue weighted by Gasteiger charge is 2.15. The monoisotopic (exact) mass is 404 g/mol. The van der Waals surface area contributed by atoms with Crippen LogP contribution >= 0.6 is 0 Å². The maximum atomic E-state index is 10.8. The van der Waals surface area contributed by atoms with Gasteiger partial charge in [0.25, 0.3) is 10.1 Å². The molecule has 0 spiro atoms. The fourth-order valence-electron chi connectivity index (χ4n) is 3.46. The summed E-state index contributed by atoms with van der Waals surface area (Å²) in [7, 11) is 0.551. The van der Waals surface area contributed by atoms with Gasteiger partial charge in [-0.15, -0.1) is 0 Å². The Bertz CT molecular complexity index is 800. The smallest absolute Gasteiger partial charge is 0.264 e. The number of quaternary nitrogens is 1. The lowest BCUT2D eigenvalue weighted by Crippen LogP contribution is -2.41. The van der Waals surface area contributed by atoms with Gasteiger partial charge in [-0.1, -0.05) is 54.6 Å². The maximum Gasteiger partial charge on any atom is 0.264 e. The SMILES string of the molecule is C[N+](C)(CCCCc1ccc(Cc2ccccc2)cc1)CCCCS(=O)(=O)O. The van der Waals surface area contributed by atoms with Gasteiger partial charge in [0.15, 0.2) is 0 Å². The Morgan fingerprint density at radius 2 is 1.29 bits per heavy atom. The fourth-order valence-corrected chi connectivity index (χ4v) is 4.03. The van der Waals surface area contributed by atoms with Gasteiger partial charge in [-0.2, -0.15) is 8.42 Å². The number of hydrogen-bond acceptors (Lipinski definition) is 2. The van der Waals surface area contributed by atoms with Crippen molar-refractivity contribution < 1.29 is 17.5 Å². The summed E-state index contributed by atoms with van der Waals surface area (Å²) in [5, 5.41) is 0. The number of nitrogens with zero attached hydrogens (tertiary/aromatic N) is 1. The van der Waals surface area contributed by atoms with E-state index in [0.717, 1.165) is 49.7 Å². The van der Waals surface area contributed by atoms with E-state index in [4.69, 9.17) is 4.55 Å². The molecule has 2 rings (SSSR count). The highest BCUT2D eigenvalue weighted by molar-refractivity contribution is 7.85. The van der Waals surface area contributed by atoms with Crippen LogP contribution in [0, 0.1) is 0 Å².